The Labute approximate surface area is 106 Å². The molecule has 0 heterocycles. The van der Waals surface area contributed by atoms with E-state index in [1.54, 1.807) is 0 Å². The minimum Gasteiger partial charge on any atom is -0.395 e. The molecular formula is C13H18FN3O. The first-order valence-corrected chi connectivity index (χ1v) is 5.66. The van der Waals surface area contributed by atoms with Crippen molar-refractivity contribution in [1.82, 2.24) is 5.32 Å². The van der Waals surface area contributed by atoms with Crippen LogP contribution in [-0.2, 0) is 0 Å². The molecule has 4 nitrogen and oxygen atoms in total. The van der Waals surface area contributed by atoms with E-state index in [1.807, 2.05) is 26.8 Å². The van der Waals surface area contributed by atoms with Crippen LogP contribution in [0.25, 0.3) is 0 Å². The van der Waals surface area contributed by atoms with E-state index in [4.69, 9.17) is 11.0 Å². The van der Waals surface area contributed by atoms with Crippen LogP contribution in [0.3, 0.4) is 0 Å². The van der Waals surface area contributed by atoms with Gasteiger partial charge in [-0.2, -0.15) is 5.26 Å². The van der Waals surface area contributed by atoms with E-state index < -0.39 is 11.9 Å². The Morgan fingerprint density at radius 1 is 1.50 bits per heavy atom. The van der Waals surface area contributed by atoms with Crippen LogP contribution in [0, 0.1) is 17.1 Å². The minimum absolute atomic E-state index is 0.0415. The number of benzene rings is 1. The highest BCUT2D eigenvalue weighted by molar-refractivity contribution is 5.56. The van der Waals surface area contributed by atoms with E-state index in [9.17, 15) is 9.50 Å². The second-order valence-electron chi connectivity index (χ2n) is 5.22. The van der Waals surface area contributed by atoms with Crippen molar-refractivity contribution < 1.29 is 9.50 Å². The van der Waals surface area contributed by atoms with E-state index >= 15 is 0 Å². The standard InChI is InChI=1S/C13H18FN3O/c1-13(2,3)17-7-11(18)8-4-9(6-15)12(16)10(14)5-8/h4-5,11,17-18H,7,16H2,1-3H3. The fourth-order valence-electron chi connectivity index (χ4n) is 1.44. The second-order valence-corrected chi connectivity index (χ2v) is 5.22. The van der Waals surface area contributed by atoms with E-state index in [1.165, 1.54) is 6.07 Å². The molecule has 1 unspecified atom stereocenters. The molecule has 0 saturated heterocycles. The molecule has 98 valence electrons. The summed E-state index contributed by atoms with van der Waals surface area (Å²) in [7, 11) is 0. The number of nitrogens with zero attached hydrogens (tertiary/aromatic N) is 1. The minimum atomic E-state index is -0.883. The number of aliphatic hydroxyl groups is 1. The zero-order valence-corrected chi connectivity index (χ0v) is 10.8. The first-order valence-electron chi connectivity index (χ1n) is 5.66. The maximum absolute atomic E-state index is 13.5. The van der Waals surface area contributed by atoms with Crippen LogP contribution in [0.1, 0.15) is 38.0 Å². The quantitative estimate of drug-likeness (QED) is 0.714. The van der Waals surface area contributed by atoms with Gasteiger partial charge < -0.3 is 16.2 Å². The Morgan fingerprint density at radius 2 is 2.11 bits per heavy atom. The van der Waals surface area contributed by atoms with Gasteiger partial charge in [0, 0.05) is 12.1 Å². The number of hydrogen-bond donors (Lipinski definition) is 3. The van der Waals surface area contributed by atoms with Gasteiger partial charge in [0.25, 0.3) is 0 Å². The summed E-state index contributed by atoms with van der Waals surface area (Å²) in [6.45, 7) is 6.16. The molecular weight excluding hydrogens is 233 g/mol. The molecule has 18 heavy (non-hydrogen) atoms. The summed E-state index contributed by atoms with van der Waals surface area (Å²) < 4.78 is 13.5. The number of nitriles is 1. The number of nitrogens with one attached hydrogen (secondary N) is 1. The molecule has 0 bridgehead atoms. The maximum Gasteiger partial charge on any atom is 0.147 e. The largest absolute Gasteiger partial charge is 0.395 e. The molecule has 0 radical (unpaired) electrons. The molecule has 0 spiro atoms. The van der Waals surface area contributed by atoms with Gasteiger partial charge in [0.2, 0.25) is 0 Å². The van der Waals surface area contributed by atoms with Gasteiger partial charge >= 0.3 is 0 Å². The first-order chi connectivity index (χ1) is 8.24. The average Bonchev–Trinajstić information content (AvgIpc) is 2.28. The van der Waals surface area contributed by atoms with Crippen LogP contribution in [0.4, 0.5) is 10.1 Å². The molecule has 5 heteroatoms. The van der Waals surface area contributed by atoms with Crippen LogP contribution in [0.5, 0.6) is 0 Å². The van der Waals surface area contributed by atoms with Crippen molar-refractivity contribution in [1.29, 1.82) is 5.26 Å². The number of rotatable bonds is 3. The topological polar surface area (TPSA) is 82.1 Å². The van der Waals surface area contributed by atoms with Gasteiger partial charge in [-0.1, -0.05) is 0 Å². The highest BCUT2D eigenvalue weighted by atomic mass is 19.1. The van der Waals surface area contributed by atoms with Gasteiger partial charge in [0.15, 0.2) is 0 Å². The Balaban J connectivity index is 2.91. The lowest BCUT2D eigenvalue weighted by Crippen LogP contribution is -2.38. The van der Waals surface area contributed by atoms with E-state index in [2.05, 4.69) is 5.32 Å². The molecule has 0 saturated carbocycles. The third-order valence-electron chi connectivity index (χ3n) is 2.48. The number of aliphatic hydroxyl groups excluding tert-OH is 1. The average molecular weight is 251 g/mol. The number of nitrogen functional groups attached to an aromatic ring is 1. The predicted molar refractivity (Wildman–Crippen MR) is 68.2 cm³/mol. The first kappa shape index (κ1) is 14.4. The smallest absolute Gasteiger partial charge is 0.147 e. The molecule has 0 aliphatic rings. The predicted octanol–water partition coefficient (Wildman–Crippen LogP) is 1.70. The Kier molecular flexibility index (Phi) is 4.28. The van der Waals surface area contributed by atoms with Crippen molar-refractivity contribution in [3.05, 3.63) is 29.1 Å². The van der Waals surface area contributed by atoms with Crippen molar-refractivity contribution in [2.45, 2.75) is 32.4 Å². The number of hydrogen-bond acceptors (Lipinski definition) is 4. The van der Waals surface area contributed by atoms with Gasteiger partial charge in [-0.25, -0.2) is 4.39 Å². The van der Waals surface area contributed by atoms with Crippen LogP contribution < -0.4 is 11.1 Å². The van der Waals surface area contributed by atoms with Crippen molar-refractivity contribution in [2.75, 3.05) is 12.3 Å². The summed E-state index contributed by atoms with van der Waals surface area (Å²) >= 11 is 0. The highest BCUT2D eigenvalue weighted by Crippen LogP contribution is 2.22. The third kappa shape index (κ3) is 3.69. The van der Waals surface area contributed by atoms with Gasteiger partial charge in [0.05, 0.1) is 17.4 Å². The van der Waals surface area contributed by atoms with E-state index in [-0.39, 0.29) is 23.3 Å². The summed E-state index contributed by atoms with van der Waals surface area (Å²) in [5, 5.41) is 21.9. The number of anilines is 1. The van der Waals surface area contributed by atoms with Gasteiger partial charge in [0.1, 0.15) is 11.9 Å². The molecule has 0 aliphatic heterocycles. The monoisotopic (exact) mass is 251 g/mol. The van der Waals surface area contributed by atoms with Gasteiger partial charge in [-0.15, -0.1) is 0 Å². The van der Waals surface area contributed by atoms with E-state index in [0.717, 1.165) is 6.07 Å². The summed E-state index contributed by atoms with van der Waals surface area (Å²) in [5.41, 5.74) is 5.46. The van der Waals surface area contributed by atoms with Crippen molar-refractivity contribution in [3.8, 4) is 6.07 Å². The van der Waals surface area contributed by atoms with Crippen LogP contribution in [0.15, 0.2) is 12.1 Å². The molecule has 0 aliphatic carbocycles. The van der Waals surface area contributed by atoms with Crippen LogP contribution >= 0.6 is 0 Å². The highest BCUT2D eigenvalue weighted by Gasteiger charge is 2.16. The molecule has 1 aromatic rings. The number of nitrogens with two attached hydrogens (primary N) is 1. The van der Waals surface area contributed by atoms with Crippen LogP contribution in [0.2, 0.25) is 0 Å². The third-order valence-corrected chi connectivity index (χ3v) is 2.48. The summed E-state index contributed by atoms with van der Waals surface area (Å²) in [5.74, 6) is -0.682. The van der Waals surface area contributed by atoms with Gasteiger partial charge in [-0.05, 0) is 38.5 Å². The van der Waals surface area contributed by atoms with Crippen molar-refractivity contribution in [3.63, 3.8) is 0 Å². The molecule has 1 aromatic carbocycles. The normalized spacial score (nSPS) is 13.1. The second kappa shape index (κ2) is 5.34. The lowest BCUT2D eigenvalue weighted by molar-refractivity contribution is 0.163. The molecule has 1 atom stereocenters. The SMILES string of the molecule is CC(C)(C)NCC(O)c1cc(F)c(N)c(C#N)c1. The maximum atomic E-state index is 13.5. The molecule has 4 N–H and O–H groups in total. The van der Waals surface area contributed by atoms with Crippen LogP contribution in [-0.4, -0.2) is 17.2 Å². The Bertz CT molecular complexity index is 474. The van der Waals surface area contributed by atoms with Gasteiger partial charge in [-0.3, -0.25) is 0 Å². The Hall–Kier alpha value is -1.64. The lowest BCUT2D eigenvalue weighted by atomic mass is 10.0. The fraction of sp³-hybridized carbons (Fsp3) is 0.462. The zero-order chi connectivity index (χ0) is 13.9. The zero-order valence-electron chi connectivity index (χ0n) is 10.8. The lowest BCUT2D eigenvalue weighted by Gasteiger charge is -2.23. The Morgan fingerprint density at radius 3 is 2.61 bits per heavy atom. The summed E-state index contributed by atoms with van der Waals surface area (Å²) in [6.07, 6.45) is -0.883. The number of halogens is 1. The summed E-state index contributed by atoms with van der Waals surface area (Å²) in [4.78, 5) is 0. The van der Waals surface area contributed by atoms with E-state index in [0.29, 0.717) is 5.56 Å². The molecule has 0 fully saturated rings. The summed E-state index contributed by atoms with van der Waals surface area (Å²) in [6, 6.07) is 4.38. The van der Waals surface area contributed by atoms with Crippen molar-refractivity contribution in [2.24, 2.45) is 0 Å². The molecule has 0 amide bonds. The number of β-amino-alcohol motifs (C(OH)–C–C–N with tert-alkyl or cyclic N) is 1. The fourth-order valence-corrected chi connectivity index (χ4v) is 1.44. The molecule has 1 rings (SSSR count). The van der Waals surface area contributed by atoms with Crippen molar-refractivity contribution >= 4 is 5.69 Å². The molecule has 0 aromatic heterocycles.